The van der Waals surface area contributed by atoms with Crippen LogP contribution in [0.2, 0.25) is 0 Å². The third-order valence-electron chi connectivity index (χ3n) is 3.85. The summed E-state index contributed by atoms with van der Waals surface area (Å²) in [6, 6.07) is 5.61. The Balaban J connectivity index is 1.93. The van der Waals surface area contributed by atoms with Gasteiger partial charge in [-0.05, 0) is 31.1 Å². The molecule has 0 saturated heterocycles. The third kappa shape index (κ3) is 3.41. The summed E-state index contributed by atoms with van der Waals surface area (Å²) in [4.78, 5) is 16.0. The van der Waals surface area contributed by atoms with Crippen molar-refractivity contribution in [3.8, 4) is 0 Å². The zero-order valence-electron chi connectivity index (χ0n) is 11.2. The highest BCUT2D eigenvalue weighted by atomic mass is 16.3. The number of carbonyl (C=O) groups is 1. The summed E-state index contributed by atoms with van der Waals surface area (Å²) in [6.07, 6.45) is 7.82. The van der Waals surface area contributed by atoms with Crippen LogP contribution >= 0.6 is 0 Å². The van der Waals surface area contributed by atoms with Gasteiger partial charge in [0, 0.05) is 23.7 Å². The molecule has 1 heterocycles. The summed E-state index contributed by atoms with van der Waals surface area (Å²) in [5.41, 5.74) is 0.572. The summed E-state index contributed by atoms with van der Waals surface area (Å²) < 4.78 is 0. The molecule has 2 unspecified atom stereocenters. The highest BCUT2D eigenvalue weighted by Gasteiger charge is 2.38. The Kier molecular flexibility index (Phi) is 4.32. The molecule has 1 saturated carbocycles. The maximum atomic E-state index is 11.9. The molecule has 2 N–H and O–H groups in total. The number of nitrogens with zero attached hydrogens (tertiary/aromatic N) is 1. The molecule has 0 aliphatic heterocycles. The number of aliphatic hydroxyl groups is 1. The van der Waals surface area contributed by atoms with Gasteiger partial charge in [-0.2, -0.15) is 0 Å². The molecule has 1 fully saturated rings. The smallest absolute Gasteiger partial charge is 0.244 e. The Bertz CT molecular complexity index is 458. The average Bonchev–Trinajstić information content (AvgIpc) is 2.80. The van der Waals surface area contributed by atoms with E-state index in [-0.39, 0.29) is 24.0 Å². The first kappa shape index (κ1) is 13.7. The van der Waals surface area contributed by atoms with Gasteiger partial charge < -0.3 is 10.4 Å². The highest BCUT2D eigenvalue weighted by molar-refractivity contribution is 5.91. The highest BCUT2D eigenvalue weighted by Crippen LogP contribution is 2.37. The first-order valence-corrected chi connectivity index (χ1v) is 6.64. The van der Waals surface area contributed by atoms with Crippen LogP contribution in [-0.4, -0.2) is 28.6 Å². The standard InChI is InChI=1S/C15H20N2O2/c1-15(11-18)9-4-6-13(15)17-14(19)8-7-12-5-2-3-10-16-12/h2-3,5,7-8,10,13,18H,4,6,9,11H2,1H3,(H,17,19)/b8-7+. The number of pyridine rings is 1. The second-order valence-corrected chi connectivity index (χ2v) is 5.35. The fourth-order valence-corrected chi connectivity index (χ4v) is 2.52. The summed E-state index contributed by atoms with van der Waals surface area (Å²) >= 11 is 0. The number of hydrogen-bond donors (Lipinski definition) is 2. The van der Waals surface area contributed by atoms with E-state index < -0.39 is 0 Å². The molecule has 4 heteroatoms. The Labute approximate surface area is 113 Å². The van der Waals surface area contributed by atoms with Gasteiger partial charge in [-0.25, -0.2) is 0 Å². The molecule has 0 radical (unpaired) electrons. The molecule has 0 bridgehead atoms. The maximum Gasteiger partial charge on any atom is 0.244 e. The van der Waals surface area contributed by atoms with Gasteiger partial charge in [0.25, 0.3) is 0 Å². The Hall–Kier alpha value is -1.68. The van der Waals surface area contributed by atoms with E-state index in [0.29, 0.717) is 0 Å². The topological polar surface area (TPSA) is 62.2 Å². The zero-order valence-corrected chi connectivity index (χ0v) is 11.2. The fraction of sp³-hybridized carbons (Fsp3) is 0.467. The van der Waals surface area contributed by atoms with Crippen LogP contribution in [0.3, 0.4) is 0 Å². The van der Waals surface area contributed by atoms with Crippen LogP contribution < -0.4 is 5.32 Å². The quantitative estimate of drug-likeness (QED) is 0.811. The lowest BCUT2D eigenvalue weighted by molar-refractivity contribution is -0.117. The van der Waals surface area contributed by atoms with Gasteiger partial charge in [-0.1, -0.05) is 19.4 Å². The Morgan fingerprint density at radius 2 is 2.47 bits per heavy atom. The molecule has 102 valence electrons. The molecule has 2 atom stereocenters. The minimum atomic E-state index is -0.186. The lowest BCUT2D eigenvalue weighted by atomic mass is 9.86. The van der Waals surface area contributed by atoms with E-state index in [4.69, 9.17) is 0 Å². The molecule has 2 rings (SSSR count). The van der Waals surface area contributed by atoms with Gasteiger partial charge in [-0.15, -0.1) is 0 Å². The zero-order chi connectivity index (χ0) is 13.7. The van der Waals surface area contributed by atoms with Crippen LogP contribution in [-0.2, 0) is 4.79 Å². The third-order valence-corrected chi connectivity index (χ3v) is 3.85. The van der Waals surface area contributed by atoms with Crippen LogP contribution in [0.15, 0.2) is 30.5 Å². The van der Waals surface area contributed by atoms with Gasteiger partial charge in [0.15, 0.2) is 0 Å². The first-order valence-electron chi connectivity index (χ1n) is 6.64. The molecule has 4 nitrogen and oxygen atoms in total. The number of amides is 1. The van der Waals surface area contributed by atoms with Crippen molar-refractivity contribution >= 4 is 12.0 Å². The van der Waals surface area contributed by atoms with E-state index in [1.807, 2.05) is 25.1 Å². The van der Waals surface area contributed by atoms with Crippen molar-refractivity contribution in [2.45, 2.75) is 32.2 Å². The van der Waals surface area contributed by atoms with Gasteiger partial charge in [0.2, 0.25) is 5.91 Å². The van der Waals surface area contributed by atoms with Gasteiger partial charge in [0.05, 0.1) is 12.3 Å². The number of carbonyl (C=O) groups excluding carboxylic acids is 1. The number of aliphatic hydroxyl groups excluding tert-OH is 1. The number of aromatic nitrogens is 1. The number of hydrogen-bond acceptors (Lipinski definition) is 3. The molecular formula is C15H20N2O2. The SMILES string of the molecule is CC1(CO)CCCC1NC(=O)/C=C/c1ccccn1. The van der Waals surface area contributed by atoms with Gasteiger partial charge >= 0.3 is 0 Å². The van der Waals surface area contributed by atoms with Crippen molar-refractivity contribution < 1.29 is 9.90 Å². The predicted octanol–water partition coefficient (Wildman–Crippen LogP) is 1.76. The molecule has 0 spiro atoms. The Morgan fingerprint density at radius 3 is 3.16 bits per heavy atom. The van der Waals surface area contributed by atoms with Crippen LogP contribution in [0.5, 0.6) is 0 Å². The number of rotatable bonds is 4. The van der Waals surface area contributed by atoms with E-state index in [1.165, 1.54) is 6.08 Å². The molecule has 1 aromatic rings. The molecule has 1 aliphatic rings. The molecular weight excluding hydrogens is 240 g/mol. The summed E-state index contributed by atoms with van der Waals surface area (Å²) in [5.74, 6) is -0.128. The summed E-state index contributed by atoms with van der Waals surface area (Å²) in [7, 11) is 0. The van der Waals surface area contributed by atoms with Crippen LogP contribution in [0, 0.1) is 5.41 Å². The van der Waals surface area contributed by atoms with E-state index in [9.17, 15) is 9.90 Å². The van der Waals surface area contributed by atoms with Crippen LogP contribution in [0.4, 0.5) is 0 Å². The van der Waals surface area contributed by atoms with Crippen molar-refractivity contribution in [2.24, 2.45) is 5.41 Å². The van der Waals surface area contributed by atoms with E-state index in [0.717, 1.165) is 25.0 Å². The predicted molar refractivity (Wildman–Crippen MR) is 74.2 cm³/mol. The molecule has 19 heavy (non-hydrogen) atoms. The summed E-state index contributed by atoms with van der Waals surface area (Å²) in [5, 5.41) is 12.4. The summed E-state index contributed by atoms with van der Waals surface area (Å²) in [6.45, 7) is 2.13. The average molecular weight is 260 g/mol. The van der Waals surface area contributed by atoms with Crippen molar-refractivity contribution in [3.05, 3.63) is 36.2 Å². The minimum Gasteiger partial charge on any atom is -0.396 e. The maximum absolute atomic E-state index is 11.9. The van der Waals surface area contributed by atoms with Crippen LogP contribution in [0.25, 0.3) is 6.08 Å². The fourth-order valence-electron chi connectivity index (χ4n) is 2.52. The van der Waals surface area contributed by atoms with Crippen molar-refractivity contribution in [2.75, 3.05) is 6.61 Å². The van der Waals surface area contributed by atoms with E-state index in [2.05, 4.69) is 10.3 Å². The molecule has 1 aliphatic carbocycles. The van der Waals surface area contributed by atoms with Crippen molar-refractivity contribution in [1.82, 2.24) is 10.3 Å². The second kappa shape index (κ2) is 5.97. The molecule has 1 amide bonds. The monoisotopic (exact) mass is 260 g/mol. The van der Waals surface area contributed by atoms with Gasteiger partial charge in [-0.3, -0.25) is 9.78 Å². The van der Waals surface area contributed by atoms with Crippen molar-refractivity contribution in [1.29, 1.82) is 0 Å². The van der Waals surface area contributed by atoms with E-state index >= 15 is 0 Å². The number of nitrogens with one attached hydrogen (secondary N) is 1. The van der Waals surface area contributed by atoms with Gasteiger partial charge in [0.1, 0.15) is 0 Å². The molecule has 1 aromatic heterocycles. The second-order valence-electron chi connectivity index (χ2n) is 5.35. The molecule has 0 aromatic carbocycles. The normalized spacial score (nSPS) is 26.7. The van der Waals surface area contributed by atoms with Crippen molar-refractivity contribution in [3.63, 3.8) is 0 Å². The first-order chi connectivity index (χ1) is 9.14. The lowest BCUT2D eigenvalue weighted by Gasteiger charge is -2.29. The van der Waals surface area contributed by atoms with E-state index in [1.54, 1.807) is 12.3 Å². The largest absolute Gasteiger partial charge is 0.396 e. The lowest BCUT2D eigenvalue weighted by Crippen LogP contribution is -2.44. The van der Waals surface area contributed by atoms with Crippen LogP contribution in [0.1, 0.15) is 31.9 Å². The Morgan fingerprint density at radius 1 is 1.63 bits per heavy atom. The minimum absolute atomic E-state index is 0.0541.